The summed E-state index contributed by atoms with van der Waals surface area (Å²) in [7, 11) is 0. The molecule has 0 bridgehead atoms. The molecule has 0 atom stereocenters. The number of rotatable bonds is 7. The van der Waals surface area contributed by atoms with Crippen molar-refractivity contribution < 1.29 is 14.3 Å². The first-order valence-corrected chi connectivity index (χ1v) is 5.46. The van der Waals surface area contributed by atoms with E-state index < -0.39 is 0 Å². The first-order chi connectivity index (χ1) is 7.76. The topological polar surface area (TPSA) is 43.4 Å². The lowest BCUT2D eigenvalue weighted by atomic mass is 10.2. The summed E-state index contributed by atoms with van der Waals surface area (Å²) in [5.41, 5.74) is 0.599. The molecule has 0 heterocycles. The average molecular weight is 220 g/mol. The SMILES string of the molecule is CCC(=O)CCCOc1cccc(C=O)c1. The fourth-order valence-electron chi connectivity index (χ4n) is 1.31. The third kappa shape index (κ3) is 4.26. The fourth-order valence-corrected chi connectivity index (χ4v) is 1.31. The molecule has 3 nitrogen and oxygen atoms in total. The van der Waals surface area contributed by atoms with E-state index in [0.29, 0.717) is 30.8 Å². The monoisotopic (exact) mass is 220 g/mol. The van der Waals surface area contributed by atoms with Gasteiger partial charge < -0.3 is 4.74 Å². The van der Waals surface area contributed by atoms with Gasteiger partial charge in [-0.1, -0.05) is 19.1 Å². The summed E-state index contributed by atoms with van der Waals surface area (Å²) in [6, 6.07) is 6.99. The van der Waals surface area contributed by atoms with Gasteiger partial charge in [0.1, 0.15) is 17.8 Å². The van der Waals surface area contributed by atoms with Gasteiger partial charge in [0.2, 0.25) is 0 Å². The van der Waals surface area contributed by atoms with Gasteiger partial charge in [-0.15, -0.1) is 0 Å². The number of hydrogen-bond donors (Lipinski definition) is 0. The van der Waals surface area contributed by atoms with Crippen molar-refractivity contribution in [3.8, 4) is 5.75 Å². The summed E-state index contributed by atoms with van der Waals surface area (Å²) in [5, 5.41) is 0. The first-order valence-electron chi connectivity index (χ1n) is 5.46. The Morgan fingerprint density at radius 3 is 2.94 bits per heavy atom. The lowest BCUT2D eigenvalue weighted by molar-refractivity contribution is -0.118. The third-order valence-corrected chi connectivity index (χ3v) is 2.26. The van der Waals surface area contributed by atoms with E-state index in [4.69, 9.17) is 4.74 Å². The van der Waals surface area contributed by atoms with Gasteiger partial charge in [-0.3, -0.25) is 9.59 Å². The van der Waals surface area contributed by atoms with Crippen molar-refractivity contribution >= 4 is 12.1 Å². The Labute approximate surface area is 95.4 Å². The van der Waals surface area contributed by atoms with Gasteiger partial charge in [0.15, 0.2) is 0 Å². The van der Waals surface area contributed by atoms with Gasteiger partial charge >= 0.3 is 0 Å². The highest BCUT2D eigenvalue weighted by Gasteiger charge is 1.99. The Hall–Kier alpha value is -1.64. The molecule has 86 valence electrons. The molecular weight excluding hydrogens is 204 g/mol. The van der Waals surface area contributed by atoms with Crippen molar-refractivity contribution in [2.24, 2.45) is 0 Å². The zero-order valence-electron chi connectivity index (χ0n) is 9.44. The number of ketones is 1. The minimum Gasteiger partial charge on any atom is -0.494 e. The lowest BCUT2D eigenvalue weighted by Gasteiger charge is -2.05. The molecule has 0 spiro atoms. The smallest absolute Gasteiger partial charge is 0.150 e. The summed E-state index contributed by atoms with van der Waals surface area (Å²) in [6.07, 6.45) is 2.65. The Kier molecular flexibility index (Phi) is 5.26. The maximum Gasteiger partial charge on any atom is 0.150 e. The molecule has 16 heavy (non-hydrogen) atoms. The Bertz CT molecular complexity index is 358. The van der Waals surface area contributed by atoms with Crippen molar-refractivity contribution in [1.29, 1.82) is 0 Å². The van der Waals surface area contributed by atoms with Crippen LogP contribution in [0.1, 0.15) is 36.5 Å². The van der Waals surface area contributed by atoms with Crippen LogP contribution in [0.5, 0.6) is 5.75 Å². The molecule has 1 aromatic carbocycles. The van der Waals surface area contributed by atoms with Gasteiger partial charge in [0.05, 0.1) is 6.61 Å². The molecule has 0 amide bonds. The summed E-state index contributed by atoms with van der Waals surface area (Å²) in [5.74, 6) is 0.929. The quantitative estimate of drug-likeness (QED) is 0.524. The Morgan fingerprint density at radius 2 is 2.25 bits per heavy atom. The highest BCUT2D eigenvalue weighted by atomic mass is 16.5. The molecule has 0 radical (unpaired) electrons. The zero-order chi connectivity index (χ0) is 11.8. The molecule has 3 heteroatoms. The van der Waals surface area contributed by atoms with E-state index >= 15 is 0 Å². The zero-order valence-corrected chi connectivity index (χ0v) is 9.44. The summed E-state index contributed by atoms with van der Waals surface area (Å²) >= 11 is 0. The maximum atomic E-state index is 11.0. The molecule has 0 aliphatic heterocycles. The van der Waals surface area contributed by atoms with Crippen LogP contribution in [0.3, 0.4) is 0 Å². The van der Waals surface area contributed by atoms with Crippen molar-refractivity contribution in [3.05, 3.63) is 29.8 Å². The van der Waals surface area contributed by atoms with Gasteiger partial charge in [-0.2, -0.15) is 0 Å². The van der Waals surface area contributed by atoms with E-state index in [9.17, 15) is 9.59 Å². The number of hydrogen-bond acceptors (Lipinski definition) is 3. The predicted molar refractivity (Wildman–Crippen MR) is 61.9 cm³/mol. The predicted octanol–water partition coefficient (Wildman–Crippen LogP) is 2.64. The molecule has 0 aliphatic carbocycles. The van der Waals surface area contributed by atoms with Crippen LogP contribution in [0, 0.1) is 0 Å². The van der Waals surface area contributed by atoms with E-state index in [0.717, 1.165) is 12.7 Å². The fraction of sp³-hybridized carbons (Fsp3) is 0.385. The molecule has 0 saturated heterocycles. The standard InChI is InChI=1S/C13H16O3/c1-2-12(15)6-4-8-16-13-7-3-5-11(9-13)10-14/h3,5,7,9-10H,2,4,6,8H2,1H3. The molecule has 0 unspecified atom stereocenters. The second kappa shape index (κ2) is 6.77. The highest BCUT2D eigenvalue weighted by molar-refractivity contribution is 5.77. The molecule has 0 aromatic heterocycles. The molecule has 0 aliphatic rings. The molecular formula is C13H16O3. The molecule has 1 rings (SSSR count). The van der Waals surface area contributed by atoms with E-state index in [2.05, 4.69) is 0 Å². The van der Waals surface area contributed by atoms with Gasteiger partial charge in [0.25, 0.3) is 0 Å². The number of carbonyl (C=O) groups is 2. The number of aldehydes is 1. The first kappa shape index (κ1) is 12.4. The Morgan fingerprint density at radius 1 is 1.44 bits per heavy atom. The van der Waals surface area contributed by atoms with Crippen LogP contribution in [-0.4, -0.2) is 18.7 Å². The maximum absolute atomic E-state index is 11.0. The van der Waals surface area contributed by atoms with Crippen LogP contribution in [0.2, 0.25) is 0 Å². The van der Waals surface area contributed by atoms with Crippen molar-refractivity contribution in [2.75, 3.05) is 6.61 Å². The van der Waals surface area contributed by atoms with Gasteiger partial charge in [-0.05, 0) is 18.6 Å². The summed E-state index contributed by atoms with van der Waals surface area (Å²) < 4.78 is 5.43. The third-order valence-electron chi connectivity index (χ3n) is 2.26. The molecule has 0 saturated carbocycles. The minimum atomic E-state index is 0.255. The minimum absolute atomic E-state index is 0.255. The second-order valence-electron chi connectivity index (χ2n) is 3.53. The second-order valence-corrected chi connectivity index (χ2v) is 3.53. The normalized spacial score (nSPS) is 9.81. The highest BCUT2D eigenvalue weighted by Crippen LogP contribution is 2.12. The molecule has 1 aromatic rings. The molecule has 0 N–H and O–H groups in total. The lowest BCUT2D eigenvalue weighted by Crippen LogP contribution is -2.02. The van der Waals surface area contributed by atoms with Crippen molar-refractivity contribution in [1.82, 2.24) is 0 Å². The van der Waals surface area contributed by atoms with E-state index in [1.54, 1.807) is 24.3 Å². The number of ether oxygens (including phenoxy) is 1. The van der Waals surface area contributed by atoms with E-state index in [-0.39, 0.29) is 5.78 Å². The summed E-state index contributed by atoms with van der Waals surface area (Å²) in [4.78, 5) is 21.5. The average Bonchev–Trinajstić information content (AvgIpc) is 2.34. The van der Waals surface area contributed by atoms with Gasteiger partial charge in [0, 0.05) is 18.4 Å². The Balaban J connectivity index is 2.31. The van der Waals surface area contributed by atoms with Crippen LogP contribution in [0.15, 0.2) is 24.3 Å². The van der Waals surface area contributed by atoms with Crippen LogP contribution in [0.25, 0.3) is 0 Å². The van der Waals surface area contributed by atoms with Crippen LogP contribution >= 0.6 is 0 Å². The van der Waals surface area contributed by atoms with Crippen LogP contribution in [0.4, 0.5) is 0 Å². The number of Topliss-reactive ketones (excluding diaryl/α,β-unsaturated/α-hetero) is 1. The number of benzene rings is 1. The van der Waals surface area contributed by atoms with Crippen LogP contribution in [-0.2, 0) is 4.79 Å². The van der Waals surface area contributed by atoms with Crippen molar-refractivity contribution in [3.63, 3.8) is 0 Å². The number of carbonyl (C=O) groups excluding carboxylic acids is 2. The molecule has 0 fully saturated rings. The van der Waals surface area contributed by atoms with Crippen molar-refractivity contribution in [2.45, 2.75) is 26.2 Å². The van der Waals surface area contributed by atoms with Crippen LogP contribution < -0.4 is 4.74 Å². The largest absolute Gasteiger partial charge is 0.494 e. The van der Waals surface area contributed by atoms with E-state index in [1.165, 1.54) is 0 Å². The summed E-state index contributed by atoms with van der Waals surface area (Å²) in [6.45, 7) is 2.37. The van der Waals surface area contributed by atoms with E-state index in [1.807, 2.05) is 6.92 Å². The van der Waals surface area contributed by atoms with Gasteiger partial charge in [-0.25, -0.2) is 0 Å².